The zero-order chi connectivity index (χ0) is 16.7. The van der Waals surface area contributed by atoms with E-state index in [2.05, 4.69) is 41.7 Å². The van der Waals surface area contributed by atoms with Crippen molar-refractivity contribution < 1.29 is 5.11 Å². The molecule has 2 aliphatic rings. The molecule has 0 spiro atoms. The van der Waals surface area contributed by atoms with Crippen LogP contribution in [0.15, 0.2) is 41.1 Å². The first-order chi connectivity index (χ1) is 11.3. The molecule has 0 saturated heterocycles. The van der Waals surface area contributed by atoms with Crippen LogP contribution in [-0.2, 0) is 6.42 Å². The second kappa shape index (κ2) is 8.88. The van der Waals surface area contributed by atoms with Crippen LogP contribution in [0.5, 0.6) is 0 Å². The van der Waals surface area contributed by atoms with Crippen LogP contribution in [0.4, 0.5) is 0 Å². The molecular formula is C20H30N2O. The highest BCUT2D eigenvalue weighted by molar-refractivity contribution is 6.04. The number of aliphatic hydroxyl groups is 1. The highest BCUT2D eigenvalue weighted by Gasteiger charge is 2.27. The number of aliphatic hydroxyl groups excluding tert-OH is 1. The maximum Gasteiger partial charge on any atom is 0.0751 e. The molecule has 23 heavy (non-hydrogen) atoms. The van der Waals surface area contributed by atoms with Gasteiger partial charge in [-0.3, -0.25) is 5.43 Å². The summed E-state index contributed by atoms with van der Waals surface area (Å²) in [7, 11) is 0. The van der Waals surface area contributed by atoms with Crippen molar-refractivity contribution in [2.24, 2.45) is 11.0 Å². The molecule has 0 radical (unpaired) electrons. The van der Waals surface area contributed by atoms with Gasteiger partial charge in [0.1, 0.15) is 0 Å². The van der Waals surface area contributed by atoms with E-state index < -0.39 is 0 Å². The Labute approximate surface area is 140 Å². The summed E-state index contributed by atoms with van der Waals surface area (Å²) in [6.45, 7) is 6.18. The van der Waals surface area contributed by atoms with Crippen molar-refractivity contribution in [3.63, 3.8) is 0 Å². The summed E-state index contributed by atoms with van der Waals surface area (Å²) in [6, 6.07) is 8.77. The molecule has 2 unspecified atom stereocenters. The van der Waals surface area contributed by atoms with E-state index in [1.54, 1.807) is 0 Å². The quantitative estimate of drug-likeness (QED) is 0.849. The Hall–Kier alpha value is -1.61. The second-order valence-corrected chi connectivity index (χ2v) is 6.07. The number of nitrogens with one attached hydrogen (secondary N) is 1. The number of hydrogen-bond acceptors (Lipinski definition) is 3. The lowest BCUT2D eigenvalue weighted by Gasteiger charge is -2.29. The zero-order valence-corrected chi connectivity index (χ0v) is 14.7. The van der Waals surface area contributed by atoms with Crippen LogP contribution in [0, 0.1) is 5.92 Å². The van der Waals surface area contributed by atoms with Crippen molar-refractivity contribution in [3.05, 3.63) is 47.2 Å². The fourth-order valence-corrected chi connectivity index (χ4v) is 3.32. The third-order valence-electron chi connectivity index (χ3n) is 4.67. The van der Waals surface area contributed by atoms with Crippen LogP contribution in [0.25, 0.3) is 0 Å². The number of nitrogens with zero attached hydrogens (tertiary/aromatic N) is 1. The van der Waals surface area contributed by atoms with E-state index in [-0.39, 0.29) is 6.10 Å². The number of hydrogen-bond donors (Lipinski definition) is 2. The normalized spacial score (nSPS) is 23.8. The zero-order valence-electron chi connectivity index (χ0n) is 14.7. The number of fused-ring (bicyclic) bond motifs is 1. The topological polar surface area (TPSA) is 44.6 Å². The van der Waals surface area contributed by atoms with Gasteiger partial charge in [-0.1, -0.05) is 45.0 Å². The number of aryl methyl sites for hydroxylation is 1. The Morgan fingerprint density at radius 3 is 2.57 bits per heavy atom. The third-order valence-corrected chi connectivity index (χ3v) is 4.67. The van der Waals surface area contributed by atoms with Gasteiger partial charge in [-0.15, -0.1) is 0 Å². The van der Waals surface area contributed by atoms with Gasteiger partial charge in [0, 0.05) is 12.1 Å². The maximum atomic E-state index is 9.87. The summed E-state index contributed by atoms with van der Waals surface area (Å²) >= 11 is 0. The highest BCUT2D eigenvalue weighted by atomic mass is 16.3. The minimum atomic E-state index is -0.141. The maximum absolute atomic E-state index is 9.87. The first-order valence-corrected chi connectivity index (χ1v) is 9.07. The van der Waals surface area contributed by atoms with Gasteiger partial charge in [0.15, 0.2) is 0 Å². The van der Waals surface area contributed by atoms with Gasteiger partial charge in [0.2, 0.25) is 0 Å². The van der Waals surface area contributed by atoms with Crippen molar-refractivity contribution >= 4 is 5.71 Å². The SMILES string of the molecule is CC.CCc1ccc(C2=NNC=C3CCC(O)CCCC32)cc1. The number of allylic oxidation sites excluding steroid dienone is 1. The molecule has 2 atom stereocenters. The second-order valence-electron chi connectivity index (χ2n) is 6.07. The molecular weight excluding hydrogens is 284 g/mol. The molecule has 1 saturated carbocycles. The van der Waals surface area contributed by atoms with E-state index in [1.807, 2.05) is 20.0 Å². The van der Waals surface area contributed by atoms with Crippen LogP contribution in [0.2, 0.25) is 0 Å². The molecule has 1 aromatic carbocycles. The van der Waals surface area contributed by atoms with Crippen LogP contribution in [0.1, 0.15) is 64.0 Å². The summed E-state index contributed by atoms with van der Waals surface area (Å²) in [4.78, 5) is 0. The molecule has 3 heteroatoms. The van der Waals surface area contributed by atoms with Gasteiger partial charge in [0.05, 0.1) is 11.8 Å². The molecule has 1 aliphatic heterocycles. The first-order valence-electron chi connectivity index (χ1n) is 9.07. The number of hydrazone groups is 1. The van der Waals surface area contributed by atoms with Crippen molar-refractivity contribution in [3.8, 4) is 0 Å². The van der Waals surface area contributed by atoms with Crippen molar-refractivity contribution in [2.75, 3.05) is 0 Å². The van der Waals surface area contributed by atoms with Gasteiger partial charge in [-0.2, -0.15) is 5.10 Å². The molecule has 1 fully saturated rings. The van der Waals surface area contributed by atoms with Crippen LogP contribution in [-0.4, -0.2) is 16.9 Å². The van der Waals surface area contributed by atoms with Gasteiger partial charge in [0.25, 0.3) is 0 Å². The summed E-state index contributed by atoms with van der Waals surface area (Å²) in [6.07, 6.45) is 7.85. The van der Waals surface area contributed by atoms with Crippen molar-refractivity contribution in [2.45, 2.75) is 65.4 Å². The standard InChI is InChI=1S/C18H24N2O.C2H6/c1-2-13-6-8-14(9-7-13)18-17-5-3-4-16(21)11-10-15(17)12-19-20-18;1-2/h6-9,12,16-17,19,21H,2-5,10-11H2,1H3;1-2H3. The summed E-state index contributed by atoms with van der Waals surface area (Å²) < 4.78 is 0. The van der Waals surface area contributed by atoms with Crippen molar-refractivity contribution in [1.29, 1.82) is 0 Å². The Bertz CT molecular complexity index is 545. The Balaban J connectivity index is 0.000000924. The fraction of sp³-hybridized carbons (Fsp3) is 0.550. The molecule has 126 valence electrons. The first kappa shape index (κ1) is 17.7. The van der Waals surface area contributed by atoms with Gasteiger partial charge >= 0.3 is 0 Å². The molecule has 0 bridgehead atoms. The smallest absolute Gasteiger partial charge is 0.0751 e. The van der Waals surface area contributed by atoms with E-state index in [0.29, 0.717) is 5.92 Å². The van der Waals surface area contributed by atoms with E-state index >= 15 is 0 Å². The average Bonchev–Trinajstić information content (AvgIpc) is 2.60. The predicted octanol–water partition coefficient (Wildman–Crippen LogP) is 4.41. The lowest BCUT2D eigenvalue weighted by molar-refractivity contribution is 0.145. The van der Waals surface area contributed by atoms with Crippen LogP contribution < -0.4 is 5.43 Å². The average molecular weight is 314 g/mol. The number of rotatable bonds is 2. The molecule has 1 aromatic rings. The van der Waals surface area contributed by atoms with Crippen LogP contribution in [0.3, 0.4) is 0 Å². The highest BCUT2D eigenvalue weighted by Crippen LogP contribution is 2.32. The third kappa shape index (κ3) is 4.44. The summed E-state index contributed by atoms with van der Waals surface area (Å²) in [5.74, 6) is 0.409. The van der Waals surface area contributed by atoms with Crippen molar-refractivity contribution in [1.82, 2.24) is 5.43 Å². The minimum absolute atomic E-state index is 0.141. The molecule has 2 N–H and O–H groups in total. The number of benzene rings is 1. The molecule has 1 aliphatic carbocycles. The van der Waals surface area contributed by atoms with Gasteiger partial charge < -0.3 is 5.11 Å². The monoisotopic (exact) mass is 314 g/mol. The molecule has 0 amide bonds. The van der Waals surface area contributed by atoms with E-state index in [4.69, 9.17) is 0 Å². The van der Waals surface area contributed by atoms with E-state index in [9.17, 15) is 5.11 Å². The lowest BCUT2D eigenvalue weighted by atomic mass is 9.80. The van der Waals surface area contributed by atoms with E-state index in [0.717, 1.165) is 44.2 Å². The molecule has 1 heterocycles. The van der Waals surface area contributed by atoms with E-state index in [1.165, 1.54) is 16.7 Å². The largest absolute Gasteiger partial charge is 0.393 e. The minimum Gasteiger partial charge on any atom is -0.393 e. The van der Waals surface area contributed by atoms with Gasteiger partial charge in [-0.25, -0.2) is 0 Å². The van der Waals surface area contributed by atoms with Crippen LogP contribution >= 0.6 is 0 Å². The summed E-state index contributed by atoms with van der Waals surface area (Å²) in [5, 5.41) is 14.4. The van der Waals surface area contributed by atoms with Gasteiger partial charge in [-0.05, 0) is 55.2 Å². The Morgan fingerprint density at radius 1 is 1.13 bits per heavy atom. The fourth-order valence-electron chi connectivity index (χ4n) is 3.32. The molecule has 0 aromatic heterocycles. The lowest BCUT2D eigenvalue weighted by Crippen LogP contribution is -2.28. The Morgan fingerprint density at radius 2 is 1.87 bits per heavy atom. The molecule has 3 nitrogen and oxygen atoms in total. The molecule has 3 rings (SSSR count). The summed E-state index contributed by atoms with van der Waals surface area (Å²) in [5.41, 5.74) is 8.19. The predicted molar refractivity (Wildman–Crippen MR) is 97.5 cm³/mol. The Kier molecular flexibility index (Phi) is 6.85.